The lowest BCUT2D eigenvalue weighted by atomic mass is 10.2. The van der Waals surface area contributed by atoms with Crippen molar-refractivity contribution in [2.24, 2.45) is 0 Å². The number of hydrogen-bond donors (Lipinski definition) is 1. The Morgan fingerprint density at radius 3 is 2.57 bits per heavy atom. The number of nitrogens with one attached hydrogen (secondary N) is 1. The molecule has 0 bridgehead atoms. The van der Waals surface area contributed by atoms with Crippen LogP contribution in [-0.2, 0) is 0 Å². The highest BCUT2D eigenvalue weighted by Gasteiger charge is 2.43. The van der Waals surface area contributed by atoms with Crippen molar-refractivity contribution in [2.75, 3.05) is 5.32 Å². The third-order valence-electron chi connectivity index (χ3n) is 2.72. The van der Waals surface area contributed by atoms with E-state index in [0.29, 0.717) is 16.9 Å². The van der Waals surface area contributed by atoms with Gasteiger partial charge in [0.15, 0.2) is 11.5 Å². The van der Waals surface area contributed by atoms with E-state index in [1.807, 2.05) is 6.07 Å². The van der Waals surface area contributed by atoms with Gasteiger partial charge in [-0.25, -0.2) is 0 Å². The van der Waals surface area contributed by atoms with Crippen LogP contribution in [0.25, 0.3) is 0 Å². The fourth-order valence-corrected chi connectivity index (χ4v) is 2.41. The molecule has 1 aliphatic rings. The number of alkyl halides is 2. The summed E-state index contributed by atoms with van der Waals surface area (Å²) in [6.07, 6.45) is -3.63. The van der Waals surface area contributed by atoms with Gasteiger partial charge in [0, 0.05) is 21.9 Å². The van der Waals surface area contributed by atoms with E-state index in [2.05, 4.69) is 30.7 Å². The molecule has 0 spiro atoms. The number of rotatable bonds is 2. The Morgan fingerprint density at radius 1 is 1.05 bits per heavy atom. The van der Waals surface area contributed by atoms with Crippen molar-refractivity contribution in [3.05, 3.63) is 46.4 Å². The molecule has 0 aliphatic carbocycles. The molecule has 1 aliphatic heterocycles. The lowest BCUT2D eigenvalue weighted by Gasteiger charge is -2.08. The molecule has 7 heteroatoms. The molecule has 0 aromatic heterocycles. The summed E-state index contributed by atoms with van der Waals surface area (Å²) >= 11 is 3.30. The van der Waals surface area contributed by atoms with Crippen LogP contribution in [-0.4, -0.2) is 6.29 Å². The lowest BCUT2D eigenvalue weighted by molar-refractivity contribution is -0.286. The first-order valence-electron chi connectivity index (χ1n) is 5.83. The van der Waals surface area contributed by atoms with Crippen molar-refractivity contribution in [3.63, 3.8) is 0 Å². The zero-order valence-corrected chi connectivity index (χ0v) is 11.9. The number of nitriles is 1. The van der Waals surface area contributed by atoms with Crippen LogP contribution in [0.1, 0.15) is 5.56 Å². The number of halogens is 3. The fraction of sp³-hybridized carbons (Fsp3) is 0.0714. The molecular formula is C14H7BrF2N2O2. The molecule has 0 fully saturated rings. The van der Waals surface area contributed by atoms with E-state index in [9.17, 15) is 8.78 Å². The monoisotopic (exact) mass is 352 g/mol. The third kappa shape index (κ3) is 2.90. The van der Waals surface area contributed by atoms with E-state index in [-0.39, 0.29) is 11.5 Å². The predicted octanol–water partition coefficient (Wildman–Crippen LogP) is 4.39. The van der Waals surface area contributed by atoms with Crippen LogP contribution >= 0.6 is 15.9 Å². The number of hydrogen-bond acceptors (Lipinski definition) is 4. The van der Waals surface area contributed by atoms with Gasteiger partial charge >= 0.3 is 6.29 Å². The Bertz CT molecular complexity index is 759. The van der Waals surface area contributed by atoms with E-state index >= 15 is 0 Å². The molecule has 0 saturated heterocycles. The van der Waals surface area contributed by atoms with Gasteiger partial charge in [0.1, 0.15) is 0 Å². The minimum atomic E-state index is -3.63. The molecule has 0 amide bonds. The number of ether oxygens (including phenoxy) is 2. The topological polar surface area (TPSA) is 54.3 Å². The van der Waals surface area contributed by atoms with Crippen LogP contribution in [0.3, 0.4) is 0 Å². The molecule has 2 aromatic rings. The minimum Gasteiger partial charge on any atom is -0.395 e. The average Bonchev–Trinajstić information content (AvgIpc) is 2.71. The maximum atomic E-state index is 12.9. The Morgan fingerprint density at radius 2 is 1.81 bits per heavy atom. The highest BCUT2D eigenvalue weighted by atomic mass is 79.9. The first kappa shape index (κ1) is 13.6. The summed E-state index contributed by atoms with van der Waals surface area (Å²) in [6.45, 7) is 0. The molecule has 0 atom stereocenters. The Kier molecular flexibility index (Phi) is 3.18. The number of fused-ring (bicyclic) bond motifs is 1. The highest BCUT2D eigenvalue weighted by Crippen LogP contribution is 2.42. The summed E-state index contributed by atoms with van der Waals surface area (Å²) in [5.74, 6) is -0.0574. The molecule has 1 heterocycles. The van der Waals surface area contributed by atoms with Crippen molar-refractivity contribution < 1.29 is 18.3 Å². The van der Waals surface area contributed by atoms with Crippen LogP contribution in [0.4, 0.5) is 20.2 Å². The average molecular weight is 353 g/mol. The van der Waals surface area contributed by atoms with E-state index in [1.165, 1.54) is 12.1 Å². The van der Waals surface area contributed by atoms with Crippen LogP contribution < -0.4 is 14.8 Å². The number of nitrogens with zero attached hydrogens (tertiary/aromatic N) is 1. The SMILES string of the molecule is N#Cc1cc(Br)cc(Nc2ccc3c(c2)OC(F)(F)O3)c1. The maximum Gasteiger partial charge on any atom is 0.586 e. The first-order chi connectivity index (χ1) is 9.95. The third-order valence-corrected chi connectivity index (χ3v) is 3.17. The van der Waals surface area contributed by atoms with Crippen molar-refractivity contribution in [3.8, 4) is 17.6 Å². The van der Waals surface area contributed by atoms with E-state index in [0.717, 1.165) is 4.47 Å². The second-order valence-electron chi connectivity index (χ2n) is 4.29. The van der Waals surface area contributed by atoms with Crippen molar-refractivity contribution in [1.82, 2.24) is 0 Å². The minimum absolute atomic E-state index is 0.0162. The van der Waals surface area contributed by atoms with E-state index < -0.39 is 6.29 Å². The molecule has 0 unspecified atom stereocenters. The second-order valence-corrected chi connectivity index (χ2v) is 5.21. The predicted molar refractivity (Wildman–Crippen MR) is 74.8 cm³/mol. The van der Waals surface area contributed by atoms with Gasteiger partial charge in [0.25, 0.3) is 0 Å². The van der Waals surface area contributed by atoms with Gasteiger partial charge in [-0.2, -0.15) is 5.26 Å². The Hall–Kier alpha value is -2.33. The second kappa shape index (κ2) is 4.90. The highest BCUT2D eigenvalue weighted by molar-refractivity contribution is 9.10. The van der Waals surface area contributed by atoms with Crippen molar-refractivity contribution in [1.29, 1.82) is 5.26 Å². The fourth-order valence-electron chi connectivity index (χ4n) is 1.92. The van der Waals surface area contributed by atoms with Gasteiger partial charge < -0.3 is 14.8 Å². The van der Waals surface area contributed by atoms with Gasteiger partial charge in [0.05, 0.1) is 11.6 Å². The molecule has 106 valence electrons. The molecule has 1 N–H and O–H groups in total. The molecular weight excluding hydrogens is 346 g/mol. The van der Waals surface area contributed by atoms with Gasteiger partial charge in [-0.1, -0.05) is 15.9 Å². The van der Waals surface area contributed by atoms with Crippen molar-refractivity contribution >= 4 is 27.3 Å². The summed E-state index contributed by atoms with van der Waals surface area (Å²) < 4.78 is 35.3. The van der Waals surface area contributed by atoms with Crippen LogP contribution in [0.15, 0.2) is 40.9 Å². The number of anilines is 2. The van der Waals surface area contributed by atoms with E-state index in [4.69, 9.17) is 5.26 Å². The lowest BCUT2D eigenvalue weighted by Crippen LogP contribution is -2.25. The summed E-state index contributed by atoms with van der Waals surface area (Å²) in [7, 11) is 0. The molecule has 3 rings (SSSR count). The summed E-state index contributed by atoms with van der Waals surface area (Å²) in [5, 5.41) is 11.9. The van der Waals surface area contributed by atoms with Gasteiger partial charge in [0.2, 0.25) is 0 Å². The van der Waals surface area contributed by atoms with Crippen LogP contribution in [0.5, 0.6) is 11.5 Å². The molecule has 21 heavy (non-hydrogen) atoms. The molecule has 0 saturated carbocycles. The quantitative estimate of drug-likeness (QED) is 0.870. The van der Waals surface area contributed by atoms with Gasteiger partial charge in [-0.15, -0.1) is 8.78 Å². The molecule has 4 nitrogen and oxygen atoms in total. The molecule has 2 aromatic carbocycles. The summed E-state index contributed by atoms with van der Waals surface area (Å²) in [6, 6.07) is 11.5. The standard InChI is InChI=1S/C14H7BrF2N2O2/c15-9-3-8(7-18)4-11(5-9)19-10-1-2-12-13(6-10)21-14(16,17)20-12/h1-6,19H. The summed E-state index contributed by atoms with van der Waals surface area (Å²) in [4.78, 5) is 0. The van der Waals surface area contributed by atoms with Gasteiger partial charge in [-0.3, -0.25) is 0 Å². The number of benzene rings is 2. The van der Waals surface area contributed by atoms with Crippen LogP contribution in [0.2, 0.25) is 0 Å². The zero-order valence-electron chi connectivity index (χ0n) is 10.4. The van der Waals surface area contributed by atoms with Crippen molar-refractivity contribution in [2.45, 2.75) is 6.29 Å². The first-order valence-corrected chi connectivity index (χ1v) is 6.62. The normalized spacial score (nSPS) is 14.6. The Balaban J connectivity index is 1.87. The zero-order chi connectivity index (χ0) is 15.0. The van der Waals surface area contributed by atoms with E-state index in [1.54, 1.807) is 24.3 Å². The molecule has 0 radical (unpaired) electrons. The largest absolute Gasteiger partial charge is 0.586 e. The maximum absolute atomic E-state index is 12.9. The smallest absolute Gasteiger partial charge is 0.395 e. The Labute approximate surface area is 127 Å². The summed E-state index contributed by atoms with van der Waals surface area (Å²) in [5.41, 5.74) is 1.66. The van der Waals surface area contributed by atoms with Gasteiger partial charge in [-0.05, 0) is 30.3 Å². The van der Waals surface area contributed by atoms with Crippen LogP contribution in [0, 0.1) is 11.3 Å².